The predicted octanol–water partition coefficient (Wildman–Crippen LogP) is 3.52. The number of nitrogens with zero attached hydrogens (tertiary/aromatic N) is 2. The average molecular weight is 353 g/mol. The smallest absolute Gasteiger partial charge is 0.230 e. The Morgan fingerprint density at radius 3 is 2.20 bits per heavy atom. The summed E-state index contributed by atoms with van der Waals surface area (Å²) in [5, 5.41) is 6.95. The van der Waals surface area contributed by atoms with Gasteiger partial charge in [-0.05, 0) is 11.1 Å². The molecule has 0 aliphatic heterocycles. The van der Waals surface area contributed by atoms with Gasteiger partial charge in [0.1, 0.15) is 0 Å². The van der Waals surface area contributed by atoms with E-state index in [1.807, 2.05) is 60.7 Å². The number of carbonyl (C=O) groups excluding carboxylic acids is 1. The van der Waals surface area contributed by atoms with Crippen LogP contribution in [0.3, 0.4) is 0 Å². The van der Waals surface area contributed by atoms with Gasteiger partial charge in [-0.1, -0.05) is 65.8 Å². The van der Waals surface area contributed by atoms with E-state index in [0.29, 0.717) is 23.2 Å². The summed E-state index contributed by atoms with van der Waals surface area (Å²) in [6.45, 7) is 1.75. The number of benzene rings is 2. The zero-order valence-corrected chi connectivity index (χ0v) is 14.7. The van der Waals surface area contributed by atoms with E-state index in [1.54, 1.807) is 6.92 Å². The van der Waals surface area contributed by atoms with Gasteiger partial charge in [0.05, 0.1) is 17.5 Å². The van der Waals surface area contributed by atoms with E-state index >= 15 is 0 Å². The Balaban J connectivity index is 1.62. The maximum Gasteiger partial charge on any atom is 0.230 e. The molecule has 3 aromatic rings. The summed E-state index contributed by atoms with van der Waals surface area (Å²) in [7, 11) is 0. The van der Waals surface area contributed by atoms with Crippen LogP contribution in [-0.4, -0.2) is 21.8 Å². The highest BCUT2D eigenvalue weighted by Crippen LogP contribution is 2.22. The Morgan fingerprint density at radius 2 is 1.68 bits per heavy atom. The molecule has 2 aromatic carbocycles. The SMILES string of the molecule is Cc1nc(CSCC(=O)NC(c2ccccc2)c2ccccc2)no1. The lowest BCUT2D eigenvalue weighted by Gasteiger charge is -2.19. The third-order valence-corrected chi connectivity index (χ3v) is 4.53. The summed E-state index contributed by atoms with van der Waals surface area (Å²) >= 11 is 1.46. The number of hydrogen-bond acceptors (Lipinski definition) is 5. The molecule has 128 valence electrons. The summed E-state index contributed by atoms with van der Waals surface area (Å²) < 4.78 is 4.93. The lowest BCUT2D eigenvalue weighted by molar-refractivity contribution is -0.119. The predicted molar refractivity (Wildman–Crippen MR) is 98.1 cm³/mol. The standard InChI is InChI=1S/C19H19N3O2S/c1-14-20-17(22-24-14)12-25-13-18(23)21-19(15-8-4-2-5-9-15)16-10-6-3-7-11-16/h2-11,19H,12-13H2,1H3,(H,21,23). The molecular weight excluding hydrogens is 334 g/mol. The first-order valence-electron chi connectivity index (χ1n) is 7.98. The quantitative estimate of drug-likeness (QED) is 0.704. The molecule has 6 heteroatoms. The van der Waals surface area contributed by atoms with Crippen LogP contribution in [0.5, 0.6) is 0 Å². The van der Waals surface area contributed by atoms with Crippen molar-refractivity contribution in [2.75, 3.05) is 5.75 Å². The Labute approximate surface area is 150 Å². The second-order valence-corrected chi connectivity index (χ2v) is 6.53. The van der Waals surface area contributed by atoms with Crippen LogP contribution in [0.1, 0.15) is 28.9 Å². The lowest BCUT2D eigenvalue weighted by atomic mass is 9.99. The second-order valence-electron chi connectivity index (χ2n) is 5.54. The highest BCUT2D eigenvalue weighted by molar-refractivity contribution is 7.99. The van der Waals surface area contributed by atoms with E-state index < -0.39 is 0 Å². The van der Waals surface area contributed by atoms with Crippen LogP contribution in [0.4, 0.5) is 0 Å². The highest BCUT2D eigenvalue weighted by atomic mass is 32.2. The molecule has 1 amide bonds. The normalized spacial score (nSPS) is 10.8. The number of nitrogens with one attached hydrogen (secondary N) is 1. The van der Waals surface area contributed by atoms with Gasteiger partial charge in [0.15, 0.2) is 5.82 Å². The van der Waals surface area contributed by atoms with Crippen LogP contribution >= 0.6 is 11.8 Å². The van der Waals surface area contributed by atoms with Crippen LogP contribution in [0, 0.1) is 6.92 Å². The average Bonchev–Trinajstić information content (AvgIpc) is 3.06. The minimum Gasteiger partial charge on any atom is -0.344 e. The molecule has 0 atom stereocenters. The Morgan fingerprint density at radius 1 is 1.08 bits per heavy atom. The summed E-state index contributed by atoms with van der Waals surface area (Å²) in [6, 6.07) is 19.8. The molecule has 0 aliphatic rings. The van der Waals surface area contributed by atoms with Crippen LogP contribution in [0.2, 0.25) is 0 Å². The highest BCUT2D eigenvalue weighted by Gasteiger charge is 2.16. The summed E-state index contributed by atoms with van der Waals surface area (Å²) in [4.78, 5) is 16.5. The van der Waals surface area contributed by atoms with Gasteiger partial charge in [-0.25, -0.2) is 0 Å². The molecule has 0 unspecified atom stereocenters. The number of carbonyl (C=O) groups is 1. The number of rotatable bonds is 7. The first kappa shape index (κ1) is 17.2. The van der Waals surface area contributed by atoms with Crippen molar-refractivity contribution in [2.45, 2.75) is 18.7 Å². The van der Waals surface area contributed by atoms with Gasteiger partial charge in [-0.3, -0.25) is 4.79 Å². The summed E-state index contributed by atoms with van der Waals surface area (Å²) in [5.74, 6) is 2.00. The van der Waals surface area contributed by atoms with Crippen molar-refractivity contribution in [1.29, 1.82) is 0 Å². The van der Waals surface area contributed by atoms with Gasteiger partial charge in [-0.2, -0.15) is 4.98 Å². The fraction of sp³-hybridized carbons (Fsp3) is 0.211. The van der Waals surface area contributed by atoms with E-state index in [0.717, 1.165) is 11.1 Å². The van der Waals surface area contributed by atoms with E-state index in [2.05, 4.69) is 15.5 Å². The largest absolute Gasteiger partial charge is 0.344 e. The Hall–Kier alpha value is -2.60. The van der Waals surface area contributed by atoms with Gasteiger partial charge in [-0.15, -0.1) is 11.8 Å². The van der Waals surface area contributed by atoms with Crippen molar-refractivity contribution >= 4 is 17.7 Å². The maximum absolute atomic E-state index is 12.4. The lowest BCUT2D eigenvalue weighted by Crippen LogP contribution is -2.30. The zero-order chi connectivity index (χ0) is 17.5. The van der Waals surface area contributed by atoms with E-state index in [-0.39, 0.29) is 11.9 Å². The summed E-state index contributed by atoms with van der Waals surface area (Å²) in [5.41, 5.74) is 2.11. The molecule has 0 saturated carbocycles. The maximum atomic E-state index is 12.4. The van der Waals surface area contributed by atoms with Crippen LogP contribution < -0.4 is 5.32 Å². The second kappa shape index (κ2) is 8.48. The van der Waals surface area contributed by atoms with Crippen molar-refractivity contribution in [3.63, 3.8) is 0 Å². The molecule has 1 heterocycles. The number of aryl methyl sites for hydroxylation is 1. The molecule has 25 heavy (non-hydrogen) atoms. The Kier molecular flexibility index (Phi) is 5.85. The van der Waals surface area contributed by atoms with Gasteiger partial charge in [0.25, 0.3) is 0 Å². The van der Waals surface area contributed by atoms with Gasteiger partial charge >= 0.3 is 0 Å². The minimum absolute atomic E-state index is 0.0251. The van der Waals surface area contributed by atoms with Crippen molar-refractivity contribution in [2.24, 2.45) is 0 Å². The Bertz CT molecular complexity index is 766. The molecule has 0 fully saturated rings. The number of thioether (sulfide) groups is 1. The number of amides is 1. The van der Waals surface area contributed by atoms with Gasteiger partial charge in [0, 0.05) is 6.92 Å². The molecule has 0 saturated heterocycles. The third-order valence-electron chi connectivity index (χ3n) is 3.61. The molecule has 0 radical (unpaired) electrons. The monoisotopic (exact) mass is 353 g/mol. The van der Waals surface area contributed by atoms with Gasteiger partial charge in [0.2, 0.25) is 11.8 Å². The number of aromatic nitrogens is 2. The molecule has 0 aliphatic carbocycles. The van der Waals surface area contributed by atoms with Crippen molar-refractivity contribution in [1.82, 2.24) is 15.5 Å². The van der Waals surface area contributed by atoms with Crippen molar-refractivity contribution in [3.8, 4) is 0 Å². The molecule has 5 nitrogen and oxygen atoms in total. The first-order valence-corrected chi connectivity index (χ1v) is 9.14. The van der Waals surface area contributed by atoms with Crippen molar-refractivity contribution in [3.05, 3.63) is 83.5 Å². The molecular formula is C19H19N3O2S. The third kappa shape index (κ3) is 4.93. The van der Waals surface area contributed by atoms with E-state index in [9.17, 15) is 4.79 Å². The molecule has 3 rings (SSSR count). The molecule has 1 N–H and O–H groups in total. The van der Waals surface area contributed by atoms with Crippen LogP contribution in [0.15, 0.2) is 65.2 Å². The van der Waals surface area contributed by atoms with E-state index in [4.69, 9.17) is 4.52 Å². The zero-order valence-electron chi connectivity index (χ0n) is 13.9. The number of hydrogen-bond donors (Lipinski definition) is 1. The molecule has 0 spiro atoms. The fourth-order valence-corrected chi connectivity index (χ4v) is 3.16. The molecule has 0 bridgehead atoms. The van der Waals surface area contributed by atoms with Crippen LogP contribution in [0.25, 0.3) is 0 Å². The topological polar surface area (TPSA) is 68.0 Å². The van der Waals surface area contributed by atoms with Gasteiger partial charge < -0.3 is 9.84 Å². The molecule has 1 aromatic heterocycles. The summed E-state index contributed by atoms with van der Waals surface area (Å²) in [6.07, 6.45) is 0. The van der Waals surface area contributed by atoms with Crippen LogP contribution in [-0.2, 0) is 10.5 Å². The first-order chi connectivity index (χ1) is 12.2. The minimum atomic E-state index is -0.164. The van der Waals surface area contributed by atoms with Crippen molar-refractivity contribution < 1.29 is 9.32 Å². The fourth-order valence-electron chi connectivity index (χ4n) is 2.49. The van der Waals surface area contributed by atoms with E-state index in [1.165, 1.54) is 11.8 Å².